The number of H-pyrrole nitrogens is 2. The molecule has 0 radical (unpaired) electrons. The van der Waals surface area contributed by atoms with Gasteiger partial charge in [-0.2, -0.15) is 5.10 Å². The molecule has 154 valence electrons. The summed E-state index contributed by atoms with van der Waals surface area (Å²) in [7, 11) is 0. The molecule has 0 atom stereocenters. The zero-order chi connectivity index (χ0) is 21.6. The first-order valence-corrected chi connectivity index (χ1v) is 10.1. The Labute approximate surface area is 178 Å². The molecule has 4 aromatic heterocycles. The van der Waals surface area contributed by atoms with Crippen LogP contribution in [0.4, 0.5) is 5.69 Å². The lowest BCUT2D eigenvalue weighted by molar-refractivity contribution is -0.123. The average Bonchev–Trinajstić information content (AvgIpc) is 3.36. The fraction of sp³-hybridized carbons (Fsp3) is 0.167. The fourth-order valence-electron chi connectivity index (χ4n) is 3.45. The van der Waals surface area contributed by atoms with Crippen molar-refractivity contribution in [3.05, 3.63) is 61.1 Å². The Morgan fingerprint density at radius 3 is 2.61 bits per heavy atom. The summed E-state index contributed by atoms with van der Waals surface area (Å²) in [6.07, 6.45) is 5.19. The van der Waals surface area contributed by atoms with E-state index >= 15 is 0 Å². The highest BCUT2D eigenvalue weighted by atomic mass is 16.2. The summed E-state index contributed by atoms with van der Waals surface area (Å²) in [5, 5.41) is 12.5. The zero-order valence-corrected chi connectivity index (χ0v) is 17.5. The first-order valence-electron chi connectivity index (χ1n) is 10.1. The molecule has 1 aromatic carbocycles. The van der Waals surface area contributed by atoms with Crippen LogP contribution in [-0.2, 0) is 4.79 Å². The Kier molecular flexibility index (Phi) is 4.32. The van der Waals surface area contributed by atoms with Gasteiger partial charge in [0.25, 0.3) is 0 Å². The average molecular weight is 410 g/mol. The van der Waals surface area contributed by atoms with Crippen molar-refractivity contribution < 1.29 is 4.79 Å². The number of anilines is 1. The van der Waals surface area contributed by atoms with Gasteiger partial charge >= 0.3 is 0 Å². The quantitative estimate of drug-likeness (QED) is 0.383. The first-order chi connectivity index (χ1) is 14.9. The fourth-order valence-corrected chi connectivity index (χ4v) is 3.45. The normalized spacial score (nSPS) is 11.8. The highest BCUT2D eigenvalue weighted by molar-refractivity contribution is 5.97. The number of hydrogen-bond acceptors (Lipinski definition) is 4. The zero-order valence-electron chi connectivity index (χ0n) is 17.5. The largest absolute Gasteiger partial charge is 0.353 e. The maximum Gasteiger partial charge on any atom is 0.229 e. The van der Waals surface area contributed by atoms with Crippen molar-refractivity contribution in [2.75, 3.05) is 5.32 Å². The Bertz CT molecular complexity index is 1390. The summed E-state index contributed by atoms with van der Waals surface area (Å²) in [6, 6.07) is 14.2. The van der Waals surface area contributed by atoms with Crippen LogP contribution in [0.15, 0.2) is 61.1 Å². The van der Waals surface area contributed by atoms with Gasteiger partial charge in [-0.15, -0.1) is 0 Å². The second-order valence-electron chi connectivity index (χ2n) is 8.63. The molecule has 0 saturated heterocycles. The van der Waals surface area contributed by atoms with E-state index in [0.29, 0.717) is 11.3 Å². The lowest BCUT2D eigenvalue weighted by Gasteiger charge is -2.17. The number of carbonyl (C=O) groups is 1. The number of amides is 1. The second kappa shape index (κ2) is 7.05. The molecule has 0 fully saturated rings. The van der Waals surface area contributed by atoms with E-state index < -0.39 is 5.41 Å². The lowest BCUT2D eigenvalue weighted by Crippen LogP contribution is -2.27. The summed E-state index contributed by atoms with van der Waals surface area (Å²) in [4.78, 5) is 24.6. The maximum absolute atomic E-state index is 12.3. The minimum atomic E-state index is -0.484. The molecule has 31 heavy (non-hydrogen) atoms. The van der Waals surface area contributed by atoms with Crippen molar-refractivity contribution in [3.8, 4) is 22.5 Å². The van der Waals surface area contributed by atoms with E-state index in [2.05, 4.69) is 42.6 Å². The molecular weight excluding hydrogens is 388 g/mol. The molecule has 0 spiro atoms. The summed E-state index contributed by atoms with van der Waals surface area (Å²) >= 11 is 0. The predicted molar refractivity (Wildman–Crippen MR) is 122 cm³/mol. The molecule has 1 amide bonds. The lowest BCUT2D eigenvalue weighted by atomic mass is 9.95. The van der Waals surface area contributed by atoms with Crippen LogP contribution in [0.2, 0.25) is 0 Å². The van der Waals surface area contributed by atoms with Crippen LogP contribution in [0, 0.1) is 5.41 Å². The van der Waals surface area contributed by atoms with E-state index in [1.807, 2.05) is 51.1 Å². The molecule has 0 saturated carbocycles. The van der Waals surface area contributed by atoms with Crippen molar-refractivity contribution in [2.45, 2.75) is 20.8 Å². The number of hydrogen-bond donors (Lipinski definition) is 3. The van der Waals surface area contributed by atoms with Gasteiger partial charge in [-0.3, -0.25) is 14.9 Å². The number of pyridine rings is 2. The van der Waals surface area contributed by atoms with Gasteiger partial charge in [-0.05, 0) is 24.3 Å². The van der Waals surface area contributed by atoms with Crippen molar-refractivity contribution >= 4 is 33.5 Å². The number of aromatic amines is 2. The van der Waals surface area contributed by atoms with Crippen LogP contribution < -0.4 is 5.32 Å². The van der Waals surface area contributed by atoms with Gasteiger partial charge in [0.2, 0.25) is 5.91 Å². The van der Waals surface area contributed by atoms with Gasteiger partial charge in [-0.1, -0.05) is 39.0 Å². The van der Waals surface area contributed by atoms with Gasteiger partial charge in [0.1, 0.15) is 5.69 Å². The van der Waals surface area contributed by atoms with Gasteiger partial charge in [0.05, 0.1) is 17.6 Å². The Morgan fingerprint density at radius 2 is 1.81 bits per heavy atom. The van der Waals surface area contributed by atoms with Crippen LogP contribution >= 0.6 is 0 Å². The molecule has 7 nitrogen and oxygen atoms in total. The van der Waals surface area contributed by atoms with E-state index in [0.717, 1.165) is 38.8 Å². The van der Waals surface area contributed by atoms with Gasteiger partial charge in [0, 0.05) is 45.2 Å². The van der Waals surface area contributed by atoms with E-state index in [9.17, 15) is 4.79 Å². The molecule has 5 rings (SSSR count). The van der Waals surface area contributed by atoms with Crippen molar-refractivity contribution in [2.24, 2.45) is 5.41 Å². The van der Waals surface area contributed by atoms with E-state index in [4.69, 9.17) is 0 Å². The molecule has 0 aliphatic rings. The third-order valence-electron chi connectivity index (χ3n) is 5.21. The summed E-state index contributed by atoms with van der Waals surface area (Å²) < 4.78 is 0. The number of rotatable bonds is 3. The van der Waals surface area contributed by atoms with E-state index in [1.54, 1.807) is 18.6 Å². The highest BCUT2D eigenvalue weighted by Crippen LogP contribution is 2.31. The third-order valence-corrected chi connectivity index (χ3v) is 5.21. The second-order valence-corrected chi connectivity index (χ2v) is 8.63. The number of para-hydroxylation sites is 1. The van der Waals surface area contributed by atoms with Crippen LogP contribution in [0.5, 0.6) is 0 Å². The van der Waals surface area contributed by atoms with Crippen molar-refractivity contribution in [1.82, 2.24) is 25.1 Å². The van der Waals surface area contributed by atoms with Gasteiger partial charge < -0.3 is 10.3 Å². The molecule has 0 aliphatic heterocycles. The summed E-state index contributed by atoms with van der Waals surface area (Å²) in [5.41, 5.74) is 5.44. The van der Waals surface area contributed by atoms with Crippen molar-refractivity contribution in [1.29, 1.82) is 0 Å². The van der Waals surface area contributed by atoms with Gasteiger partial charge in [0.15, 0.2) is 5.65 Å². The monoisotopic (exact) mass is 410 g/mol. The molecule has 4 heterocycles. The summed E-state index contributed by atoms with van der Waals surface area (Å²) in [6.45, 7) is 5.63. The number of benzene rings is 1. The standard InChI is InChI=1S/C24H22N6O/c1-24(2,3)23(31)27-17-8-15(11-25-13-17)16-9-18-21(29-30-22(18)26-12-16)20-10-14-6-4-5-7-19(14)28-20/h4-13,28H,1-3H3,(H,27,31)(H,26,29,30). The number of nitrogens with one attached hydrogen (secondary N) is 3. The molecule has 0 bridgehead atoms. The van der Waals surface area contributed by atoms with E-state index in [-0.39, 0.29) is 5.91 Å². The molecule has 3 N–H and O–H groups in total. The molecule has 0 aliphatic carbocycles. The Morgan fingerprint density at radius 1 is 1.00 bits per heavy atom. The molecule has 5 aromatic rings. The number of nitrogens with zero attached hydrogens (tertiary/aromatic N) is 3. The van der Waals surface area contributed by atoms with Crippen LogP contribution in [0.25, 0.3) is 44.5 Å². The smallest absolute Gasteiger partial charge is 0.229 e. The van der Waals surface area contributed by atoms with Crippen LogP contribution in [0.1, 0.15) is 20.8 Å². The number of fused-ring (bicyclic) bond motifs is 2. The Hall–Kier alpha value is -4.00. The molecular formula is C24H22N6O. The van der Waals surface area contributed by atoms with Gasteiger partial charge in [-0.25, -0.2) is 4.98 Å². The predicted octanol–water partition coefficient (Wildman–Crippen LogP) is 5.15. The minimum absolute atomic E-state index is 0.0593. The third kappa shape index (κ3) is 3.54. The molecule has 0 unspecified atom stereocenters. The maximum atomic E-state index is 12.3. The van der Waals surface area contributed by atoms with Crippen LogP contribution in [-0.4, -0.2) is 31.1 Å². The molecule has 7 heteroatoms. The van der Waals surface area contributed by atoms with Crippen molar-refractivity contribution in [3.63, 3.8) is 0 Å². The first kappa shape index (κ1) is 19.0. The topological polar surface area (TPSA) is 99.3 Å². The highest BCUT2D eigenvalue weighted by Gasteiger charge is 2.21. The Balaban J connectivity index is 1.54. The number of aromatic nitrogens is 5. The van der Waals surface area contributed by atoms with Crippen LogP contribution in [0.3, 0.4) is 0 Å². The summed E-state index contributed by atoms with van der Waals surface area (Å²) in [5.74, 6) is -0.0593. The minimum Gasteiger partial charge on any atom is -0.353 e. The SMILES string of the molecule is CC(C)(C)C(=O)Nc1cncc(-c2cnc3[nH]nc(-c4cc5ccccc5[nH]4)c3c2)c1. The van der Waals surface area contributed by atoms with E-state index in [1.165, 1.54) is 0 Å². The number of carbonyl (C=O) groups excluding carboxylic acids is 1.